The van der Waals surface area contributed by atoms with Crippen molar-refractivity contribution in [3.63, 3.8) is 0 Å². The van der Waals surface area contributed by atoms with Crippen molar-refractivity contribution in [3.05, 3.63) is 52.8 Å². The molecule has 1 N–H and O–H groups in total. The maximum atomic E-state index is 5.96. The van der Waals surface area contributed by atoms with Crippen molar-refractivity contribution in [2.24, 2.45) is 0 Å². The molecular formula is C17H19BrN2O. The van der Waals surface area contributed by atoms with Gasteiger partial charge < -0.3 is 10.1 Å². The lowest BCUT2D eigenvalue weighted by atomic mass is 10.2. The normalized spacial score (nSPS) is 15.1. The highest BCUT2D eigenvalue weighted by atomic mass is 79.9. The predicted molar refractivity (Wildman–Crippen MR) is 88.6 cm³/mol. The van der Waals surface area contributed by atoms with E-state index in [0.29, 0.717) is 6.10 Å². The summed E-state index contributed by atoms with van der Waals surface area (Å²) in [6.45, 7) is 0.759. The molecule has 1 heterocycles. The molecule has 21 heavy (non-hydrogen) atoms. The molecule has 0 aliphatic heterocycles. The van der Waals surface area contributed by atoms with Gasteiger partial charge in [-0.15, -0.1) is 0 Å². The van der Waals surface area contributed by atoms with Gasteiger partial charge in [-0.25, -0.2) is 0 Å². The van der Waals surface area contributed by atoms with Crippen molar-refractivity contribution in [2.75, 3.05) is 5.32 Å². The summed E-state index contributed by atoms with van der Waals surface area (Å²) < 4.78 is 6.97. The molecule has 1 aromatic heterocycles. The van der Waals surface area contributed by atoms with E-state index in [0.717, 1.165) is 28.0 Å². The average Bonchev–Trinajstić information content (AvgIpc) is 3.00. The van der Waals surface area contributed by atoms with E-state index in [1.807, 2.05) is 18.3 Å². The van der Waals surface area contributed by atoms with Gasteiger partial charge in [-0.1, -0.05) is 0 Å². The molecule has 0 saturated heterocycles. The van der Waals surface area contributed by atoms with Crippen molar-refractivity contribution in [1.82, 2.24) is 4.98 Å². The van der Waals surface area contributed by atoms with Gasteiger partial charge in [-0.05, 0) is 77.5 Å². The zero-order valence-corrected chi connectivity index (χ0v) is 13.5. The van der Waals surface area contributed by atoms with E-state index in [9.17, 15) is 0 Å². The van der Waals surface area contributed by atoms with Crippen LogP contribution in [0, 0.1) is 0 Å². The zero-order chi connectivity index (χ0) is 14.5. The standard InChI is InChI=1S/C17H19BrN2O/c18-14-9-13(10-19-12-14)11-20-15-5-7-17(8-6-15)21-16-3-1-2-4-16/h5-10,12,16,20H,1-4,11H2. The smallest absolute Gasteiger partial charge is 0.119 e. The first-order valence-electron chi connectivity index (χ1n) is 7.39. The minimum absolute atomic E-state index is 0.413. The Kier molecular flexibility index (Phi) is 4.76. The summed E-state index contributed by atoms with van der Waals surface area (Å²) in [5.74, 6) is 0.969. The number of hydrogen-bond acceptors (Lipinski definition) is 3. The number of pyridine rings is 1. The van der Waals surface area contributed by atoms with Gasteiger partial charge in [0.05, 0.1) is 6.10 Å². The molecule has 1 aromatic carbocycles. The highest BCUT2D eigenvalue weighted by Crippen LogP contribution is 2.25. The molecule has 2 aromatic rings. The third kappa shape index (κ3) is 4.21. The van der Waals surface area contributed by atoms with E-state index in [1.165, 1.54) is 25.7 Å². The van der Waals surface area contributed by atoms with Crippen LogP contribution in [-0.4, -0.2) is 11.1 Å². The van der Waals surface area contributed by atoms with Crippen LogP contribution in [0.15, 0.2) is 47.2 Å². The monoisotopic (exact) mass is 346 g/mol. The molecular weight excluding hydrogens is 328 g/mol. The van der Waals surface area contributed by atoms with Gasteiger partial charge >= 0.3 is 0 Å². The van der Waals surface area contributed by atoms with Crippen LogP contribution >= 0.6 is 15.9 Å². The van der Waals surface area contributed by atoms with Crippen molar-refractivity contribution in [3.8, 4) is 5.75 Å². The second-order valence-electron chi connectivity index (χ2n) is 5.41. The summed E-state index contributed by atoms with van der Waals surface area (Å²) in [5.41, 5.74) is 2.24. The van der Waals surface area contributed by atoms with Crippen LogP contribution in [0.2, 0.25) is 0 Å². The van der Waals surface area contributed by atoms with Gasteiger partial charge in [0.1, 0.15) is 5.75 Å². The minimum atomic E-state index is 0.413. The number of nitrogens with one attached hydrogen (secondary N) is 1. The number of benzene rings is 1. The number of nitrogens with zero attached hydrogens (tertiary/aromatic N) is 1. The van der Waals surface area contributed by atoms with Crippen molar-refractivity contribution in [1.29, 1.82) is 0 Å². The Hall–Kier alpha value is -1.55. The molecule has 0 bridgehead atoms. The zero-order valence-electron chi connectivity index (χ0n) is 11.9. The number of anilines is 1. The summed E-state index contributed by atoms with van der Waals surface area (Å²) in [5, 5.41) is 3.39. The van der Waals surface area contributed by atoms with Crippen LogP contribution in [0.25, 0.3) is 0 Å². The average molecular weight is 347 g/mol. The molecule has 0 spiro atoms. The van der Waals surface area contributed by atoms with Crippen LogP contribution in [0.4, 0.5) is 5.69 Å². The molecule has 1 aliphatic rings. The molecule has 3 rings (SSSR count). The van der Waals surface area contributed by atoms with E-state index >= 15 is 0 Å². The number of rotatable bonds is 5. The van der Waals surface area contributed by atoms with Gasteiger partial charge in [0.15, 0.2) is 0 Å². The molecule has 0 atom stereocenters. The first-order valence-corrected chi connectivity index (χ1v) is 8.19. The third-order valence-corrected chi connectivity index (χ3v) is 4.15. The maximum absolute atomic E-state index is 5.96. The molecule has 0 radical (unpaired) electrons. The Labute approximate surface area is 133 Å². The Balaban J connectivity index is 1.54. The summed E-state index contributed by atoms with van der Waals surface area (Å²) in [6, 6.07) is 10.3. The first-order chi connectivity index (χ1) is 10.3. The molecule has 1 saturated carbocycles. The van der Waals surface area contributed by atoms with Crippen LogP contribution < -0.4 is 10.1 Å². The Morgan fingerprint density at radius 2 is 1.90 bits per heavy atom. The lowest BCUT2D eigenvalue weighted by Crippen LogP contribution is -2.10. The summed E-state index contributed by atoms with van der Waals surface area (Å²) in [4.78, 5) is 4.16. The Morgan fingerprint density at radius 3 is 2.62 bits per heavy atom. The second kappa shape index (κ2) is 6.94. The fourth-order valence-corrected chi connectivity index (χ4v) is 3.02. The maximum Gasteiger partial charge on any atom is 0.119 e. The summed E-state index contributed by atoms with van der Waals surface area (Å²) in [7, 11) is 0. The second-order valence-corrected chi connectivity index (χ2v) is 6.33. The van der Waals surface area contributed by atoms with E-state index < -0.39 is 0 Å². The van der Waals surface area contributed by atoms with Gasteiger partial charge in [-0.3, -0.25) is 4.98 Å². The quantitative estimate of drug-likeness (QED) is 0.845. The molecule has 0 amide bonds. The van der Waals surface area contributed by atoms with Gasteiger partial charge in [0.25, 0.3) is 0 Å². The Bertz CT molecular complexity index is 580. The number of aromatic nitrogens is 1. The SMILES string of the molecule is Brc1cncc(CNc2ccc(OC3CCCC3)cc2)c1. The fraction of sp³-hybridized carbons (Fsp3) is 0.353. The number of ether oxygens (including phenoxy) is 1. The molecule has 1 fully saturated rings. The van der Waals surface area contributed by atoms with Crippen molar-refractivity contribution in [2.45, 2.75) is 38.3 Å². The predicted octanol–water partition coefficient (Wildman–Crippen LogP) is 4.78. The van der Waals surface area contributed by atoms with E-state index in [2.05, 4.69) is 44.4 Å². The molecule has 0 unspecified atom stereocenters. The van der Waals surface area contributed by atoms with Gasteiger partial charge in [-0.2, -0.15) is 0 Å². The molecule has 3 nitrogen and oxygen atoms in total. The van der Waals surface area contributed by atoms with Gasteiger partial charge in [0.2, 0.25) is 0 Å². The van der Waals surface area contributed by atoms with Crippen LogP contribution in [0.3, 0.4) is 0 Å². The first kappa shape index (κ1) is 14.4. The van der Waals surface area contributed by atoms with Crippen molar-refractivity contribution >= 4 is 21.6 Å². The number of halogens is 1. The van der Waals surface area contributed by atoms with E-state index in [4.69, 9.17) is 4.74 Å². The van der Waals surface area contributed by atoms with Crippen LogP contribution in [0.5, 0.6) is 5.75 Å². The highest BCUT2D eigenvalue weighted by Gasteiger charge is 2.16. The largest absolute Gasteiger partial charge is 0.490 e. The molecule has 4 heteroatoms. The summed E-state index contributed by atoms with van der Waals surface area (Å²) >= 11 is 3.43. The fourth-order valence-electron chi connectivity index (χ4n) is 2.61. The van der Waals surface area contributed by atoms with E-state index in [1.54, 1.807) is 6.20 Å². The summed E-state index contributed by atoms with van der Waals surface area (Å²) in [6.07, 6.45) is 9.05. The highest BCUT2D eigenvalue weighted by molar-refractivity contribution is 9.10. The van der Waals surface area contributed by atoms with Gasteiger partial charge in [0, 0.05) is 29.1 Å². The van der Waals surface area contributed by atoms with E-state index in [-0.39, 0.29) is 0 Å². The Morgan fingerprint density at radius 1 is 1.14 bits per heavy atom. The molecule has 1 aliphatic carbocycles. The number of hydrogen-bond donors (Lipinski definition) is 1. The van der Waals surface area contributed by atoms with Crippen LogP contribution in [0.1, 0.15) is 31.2 Å². The van der Waals surface area contributed by atoms with Crippen molar-refractivity contribution < 1.29 is 4.74 Å². The lowest BCUT2D eigenvalue weighted by Gasteiger charge is -2.13. The minimum Gasteiger partial charge on any atom is -0.490 e. The lowest BCUT2D eigenvalue weighted by molar-refractivity contribution is 0.210. The van der Waals surface area contributed by atoms with Crippen LogP contribution in [-0.2, 0) is 6.54 Å². The molecule has 110 valence electrons. The third-order valence-electron chi connectivity index (χ3n) is 3.72. The topological polar surface area (TPSA) is 34.2 Å².